The van der Waals surface area contributed by atoms with Gasteiger partial charge < -0.3 is 15.4 Å². The second-order valence-corrected chi connectivity index (χ2v) is 4.82. The standard InChI is InChI=1S/C13H19BrN2O2/c1-4-15-13(17)9(2)16-8-10-5-6-12(18-3)11(14)7-10/h5-7,9,16H,4,8H2,1-3H3,(H,15,17). The van der Waals surface area contributed by atoms with Crippen LogP contribution in [0.4, 0.5) is 0 Å². The zero-order valence-corrected chi connectivity index (χ0v) is 12.5. The molecule has 0 aliphatic carbocycles. The summed E-state index contributed by atoms with van der Waals surface area (Å²) in [6.45, 7) is 5.05. The van der Waals surface area contributed by atoms with Gasteiger partial charge >= 0.3 is 0 Å². The van der Waals surface area contributed by atoms with Gasteiger partial charge in [-0.1, -0.05) is 6.07 Å². The van der Waals surface area contributed by atoms with E-state index in [0.29, 0.717) is 13.1 Å². The van der Waals surface area contributed by atoms with E-state index >= 15 is 0 Å². The normalized spacial score (nSPS) is 12.0. The average molecular weight is 315 g/mol. The maximum Gasteiger partial charge on any atom is 0.236 e. The highest BCUT2D eigenvalue weighted by molar-refractivity contribution is 9.10. The lowest BCUT2D eigenvalue weighted by Crippen LogP contribution is -2.41. The molecule has 100 valence electrons. The van der Waals surface area contributed by atoms with Crippen LogP contribution in [0.25, 0.3) is 0 Å². The maximum absolute atomic E-state index is 11.5. The first-order chi connectivity index (χ1) is 8.58. The lowest BCUT2D eigenvalue weighted by atomic mass is 10.2. The molecule has 1 unspecified atom stereocenters. The number of amides is 1. The predicted molar refractivity (Wildman–Crippen MR) is 75.7 cm³/mol. The molecule has 0 aromatic heterocycles. The fourth-order valence-corrected chi connectivity index (χ4v) is 2.10. The van der Waals surface area contributed by atoms with Gasteiger partial charge in [-0.05, 0) is 47.5 Å². The van der Waals surface area contributed by atoms with E-state index in [9.17, 15) is 4.79 Å². The molecule has 4 nitrogen and oxygen atoms in total. The molecule has 0 aliphatic rings. The third kappa shape index (κ3) is 4.31. The number of carbonyl (C=O) groups is 1. The molecule has 1 rings (SSSR count). The van der Waals surface area contributed by atoms with Gasteiger partial charge in [0.1, 0.15) is 5.75 Å². The Hall–Kier alpha value is -1.07. The number of ether oxygens (including phenoxy) is 1. The Kier molecular flexibility index (Phi) is 6.15. The van der Waals surface area contributed by atoms with Gasteiger partial charge in [0, 0.05) is 13.1 Å². The lowest BCUT2D eigenvalue weighted by molar-refractivity contribution is -0.122. The van der Waals surface area contributed by atoms with Gasteiger partial charge in [0.05, 0.1) is 17.6 Å². The minimum Gasteiger partial charge on any atom is -0.496 e. The van der Waals surface area contributed by atoms with Gasteiger partial charge in [0.25, 0.3) is 0 Å². The fraction of sp³-hybridized carbons (Fsp3) is 0.462. The summed E-state index contributed by atoms with van der Waals surface area (Å²) in [5.74, 6) is 0.820. The topological polar surface area (TPSA) is 50.4 Å². The SMILES string of the molecule is CCNC(=O)C(C)NCc1ccc(OC)c(Br)c1. The van der Waals surface area contributed by atoms with Crippen LogP contribution >= 0.6 is 15.9 Å². The highest BCUT2D eigenvalue weighted by atomic mass is 79.9. The number of hydrogen-bond acceptors (Lipinski definition) is 3. The van der Waals surface area contributed by atoms with E-state index in [-0.39, 0.29) is 11.9 Å². The van der Waals surface area contributed by atoms with E-state index in [2.05, 4.69) is 26.6 Å². The molecule has 0 saturated heterocycles. The van der Waals surface area contributed by atoms with Crippen molar-refractivity contribution in [1.82, 2.24) is 10.6 Å². The first-order valence-corrected chi connectivity index (χ1v) is 6.71. The van der Waals surface area contributed by atoms with Crippen LogP contribution < -0.4 is 15.4 Å². The number of hydrogen-bond donors (Lipinski definition) is 2. The number of nitrogens with one attached hydrogen (secondary N) is 2. The number of benzene rings is 1. The van der Waals surface area contributed by atoms with E-state index in [1.807, 2.05) is 32.0 Å². The minimum atomic E-state index is -0.203. The molecular formula is C13H19BrN2O2. The van der Waals surface area contributed by atoms with E-state index < -0.39 is 0 Å². The van der Waals surface area contributed by atoms with Gasteiger partial charge in [-0.2, -0.15) is 0 Å². The molecule has 0 radical (unpaired) electrons. The number of likely N-dealkylation sites (N-methyl/N-ethyl adjacent to an activating group) is 1. The Morgan fingerprint density at radius 3 is 2.78 bits per heavy atom. The van der Waals surface area contributed by atoms with Crippen molar-refractivity contribution in [2.24, 2.45) is 0 Å². The van der Waals surface area contributed by atoms with Crippen LogP contribution in [-0.2, 0) is 11.3 Å². The van der Waals surface area contributed by atoms with Gasteiger partial charge in [-0.3, -0.25) is 4.79 Å². The number of rotatable bonds is 6. The Morgan fingerprint density at radius 1 is 1.50 bits per heavy atom. The van der Waals surface area contributed by atoms with E-state index in [0.717, 1.165) is 15.8 Å². The van der Waals surface area contributed by atoms with Crippen molar-refractivity contribution in [1.29, 1.82) is 0 Å². The first-order valence-electron chi connectivity index (χ1n) is 5.92. The highest BCUT2D eigenvalue weighted by Crippen LogP contribution is 2.25. The summed E-state index contributed by atoms with van der Waals surface area (Å²) in [6, 6.07) is 5.65. The molecule has 1 aromatic rings. The summed E-state index contributed by atoms with van der Waals surface area (Å²) in [4.78, 5) is 11.5. The van der Waals surface area contributed by atoms with Crippen LogP contribution in [0.15, 0.2) is 22.7 Å². The van der Waals surface area contributed by atoms with Gasteiger partial charge in [-0.25, -0.2) is 0 Å². The number of carbonyl (C=O) groups excluding carboxylic acids is 1. The van der Waals surface area contributed by atoms with Crippen molar-refractivity contribution in [2.45, 2.75) is 26.4 Å². The number of methoxy groups -OCH3 is 1. The minimum absolute atomic E-state index is 0.0186. The van der Waals surface area contributed by atoms with Gasteiger partial charge in [0.2, 0.25) is 5.91 Å². The average Bonchev–Trinajstić information content (AvgIpc) is 2.36. The zero-order chi connectivity index (χ0) is 13.5. The molecule has 1 atom stereocenters. The third-order valence-electron chi connectivity index (χ3n) is 2.57. The number of halogens is 1. The van der Waals surface area contributed by atoms with Crippen LogP contribution in [0.3, 0.4) is 0 Å². The first kappa shape index (κ1) is 15.0. The van der Waals surface area contributed by atoms with Gasteiger partial charge in [0.15, 0.2) is 0 Å². The monoisotopic (exact) mass is 314 g/mol. The van der Waals surface area contributed by atoms with Crippen molar-refractivity contribution in [3.05, 3.63) is 28.2 Å². The summed E-state index contributed by atoms with van der Waals surface area (Å²) in [6.07, 6.45) is 0. The van der Waals surface area contributed by atoms with E-state index in [4.69, 9.17) is 4.74 Å². The van der Waals surface area contributed by atoms with Crippen LogP contribution in [0, 0.1) is 0 Å². The lowest BCUT2D eigenvalue weighted by Gasteiger charge is -2.13. The Labute approximate surface area is 116 Å². The molecule has 0 spiro atoms. The molecular weight excluding hydrogens is 296 g/mol. The molecule has 0 aliphatic heterocycles. The van der Waals surface area contributed by atoms with Crippen molar-refractivity contribution in [3.63, 3.8) is 0 Å². The van der Waals surface area contributed by atoms with Crippen molar-refractivity contribution >= 4 is 21.8 Å². The summed E-state index contributed by atoms with van der Waals surface area (Å²) < 4.78 is 6.08. The van der Waals surface area contributed by atoms with Crippen molar-refractivity contribution in [2.75, 3.05) is 13.7 Å². The third-order valence-corrected chi connectivity index (χ3v) is 3.19. The Bertz CT molecular complexity index is 410. The molecule has 1 aromatic carbocycles. The quantitative estimate of drug-likeness (QED) is 0.845. The second kappa shape index (κ2) is 7.38. The summed E-state index contributed by atoms with van der Waals surface area (Å²) >= 11 is 3.44. The largest absolute Gasteiger partial charge is 0.496 e. The second-order valence-electron chi connectivity index (χ2n) is 3.97. The summed E-state index contributed by atoms with van der Waals surface area (Å²) in [7, 11) is 1.63. The van der Waals surface area contributed by atoms with Crippen LogP contribution in [0.5, 0.6) is 5.75 Å². The van der Waals surface area contributed by atoms with Crippen molar-refractivity contribution < 1.29 is 9.53 Å². The molecule has 0 heterocycles. The highest BCUT2D eigenvalue weighted by Gasteiger charge is 2.10. The Balaban J connectivity index is 2.53. The summed E-state index contributed by atoms with van der Waals surface area (Å²) in [5.41, 5.74) is 1.10. The molecule has 0 saturated carbocycles. The molecule has 18 heavy (non-hydrogen) atoms. The molecule has 2 N–H and O–H groups in total. The zero-order valence-electron chi connectivity index (χ0n) is 10.9. The van der Waals surface area contributed by atoms with Crippen LogP contribution in [0.1, 0.15) is 19.4 Å². The fourth-order valence-electron chi connectivity index (χ4n) is 1.51. The van der Waals surface area contributed by atoms with E-state index in [1.54, 1.807) is 7.11 Å². The van der Waals surface area contributed by atoms with Crippen molar-refractivity contribution in [3.8, 4) is 5.75 Å². The van der Waals surface area contributed by atoms with Crippen LogP contribution in [0.2, 0.25) is 0 Å². The Morgan fingerprint density at radius 2 is 2.22 bits per heavy atom. The van der Waals surface area contributed by atoms with Crippen LogP contribution in [-0.4, -0.2) is 25.6 Å². The van der Waals surface area contributed by atoms with Gasteiger partial charge in [-0.15, -0.1) is 0 Å². The van der Waals surface area contributed by atoms with E-state index in [1.165, 1.54) is 0 Å². The smallest absolute Gasteiger partial charge is 0.236 e. The predicted octanol–water partition coefficient (Wildman–Crippen LogP) is 2.07. The maximum atomic E-state index is 11.5. The molecule has 0 bridgehead atoms. The molecule has 5 heteroatoms. The molecule has 1 amide bonds. The summed E-state index contributed by atoms with van der Waals surface area (Å²) in [5, 5.41) is 5.95. The molecule has 0 fully saturated rings.